The van der Waals surface area contributed by atoms with E-state index < -0.39 is 27.0 Å². The molecule has 0 aromatic heterocycles. The first-order valence-electron chi connectivity index (χ1n) is 6.37. The molecule has 0 radical (unpaired) electrons. The van der Waals surface area contributed by atoms with Gasteiger partial charge in [0.05, 0.1) is 24.3 Å². The largest absolute Gasteiger partial charge is 0.462 e. The minimum Gasteiger partial charge on any atom is -0.462 e. The van der Waals surface area contributed by atoms with Crippen LogP contribution < -0.4 is 0 Å². The minimum absolute atomic E-state index is 0.239. The lowest BCUT2D eigenvalue weighted by atomic mass is 10.1. The van der Waals surface area contributed by atoms with Gasteiger partial charge in [0.1, 0.15) is 0 Å². The van der Waals surface area contributed by atoms with Gasteiger partial charge in [-0.3, -0.25) is 9.09 Å². The topological polar surface area (TPSA) is 119 Å². The lowest BCUT2D eigenvalue weighted by molar-refractivity contribution is 0.0479. The van der Waals surface area contributed by atoms with Gasteiger partial charge < -0.3 is 19.5 Å². The first-order chi connectivity index (χ1) is 10.5. The standard InChI is InChI=1S/C12H14O4.CH5O4P/c1-3-15-11(13)9-7-5-6-8-10(9)12(14)16-4-2;2-1-5-6(3)4/h5-8H,3-4H2,1-2H3;2,6H,1H2,(H,3,4). The molecule has 124 valence electrons. The van der Waals surface area contributed by atoms with Crippen molar-refractivity contribution in [2.75, 3.05) is 20.0 Å². The van der Waals surface area contributed by atoms with Crippen molar-refractivity contribution in [2.45, 2.75) is 13.8 Å². The van der Waals surface area contributed by atoms with Gasteiger partial charge in [-0.1, -0.05) is 12.1 Å². The molecule has 1 aromatic rings. The molecule has 1 aromatic carbocycles. The number of hydrogen-bond donors (Lipinski definition) is 2. The van der Waals surface area contributed by atoms with Gasteiger partial charge >= 0.3 is 20.2 Å². The smallest absolute Gasteiger partial charge is 0.338 e. The van der Waals surface area contributed by atoms with Gasteiger partial charge in [-0.2, -0.15) is 0 Å². The lowest BCUT2D eigenvalue weighted by Crippen LogP contribution is -2.13. The fraction of sp³-hybridized carbons (Fsp3) is 0.385. The molecule has 0 heterocycles. The summed E-state index contributed by atoms with van der Waals surface area (Å²) in [5, 5.41) is 7.68. The highest BCUT2D eigenvalue weighted by Gasteiger charge is 2.17. The Labute approximate surface area is 128 Å². The van der Waals surface area contributed by atoms with Crippen LogP contribution in [-0.4, -0.2) is 41.9 Å². The number of hydrogen-bond acceptors (Lipinski definition) is 7. The Morgan fingerprint density at radius 3 is 1.68 bits per heavy atom. The molecule has 9 heteroatoms. The van der Waals surface area contributed by atoms with Crippen LogP contribution in [0, 0.1) is 0 Å². The van der Waals surface area contributed by atoms with Gasteiger partial charge in [-0.05, 0) is 26.0 Å². The van der Waals surface area contributed by atoms with E-state index in [0.717, 1.165) is 0 Å². The summed E-state index contributed by atoms with van der Waals surface area (Å²) < 4.78 is 22.8. The molecule has 22 heavy (non-hydrogen) atoms. The number of esters is 2. The van der Waals surface area contributed by atoms with E-state index in [4.69, 9.17) is 19.5 Å². The molecule has 0 bridgehead atoms. The maximum Gasteiger partial charge on any atom is 0.338 e. The second-order valence-corrected chi connectivity index (χ2v) is 4.35. The Bertz CT molecular complexity index is 466. The fourth-order valence-electron chi connectivity index (χ4n) is 1.31. The van der Waals surface area contributed by atoms with Crippen molar-refractivity contribution >= 4 is 20.2 Å². The molecule has 0 saturated carbocycles. The van der Waals surface area contributed by atoms with E-state index in [9.17, 15) is 14.2 Å². The molecule has 0 spiro atoms. The summed E-state index contributed by atoms with van der Waals surface area (Å²) in [6.45, 7) is 3.29. The monoisotopic (exact) mass is 334 g/mol. The average Bonchev–Trinajstić information content (AvgIpc) is 2.48. The molecule has 0 fully saturated rings. The first-order valence-corrected chi connectivity index (χ1v) is 7.64. The lowest BCUT2D eigenvalue weighted by Gasteiger charge is -2.07. The van der Waals surface area contributed by atoms with Crippen molar-refractivity contribution in [1.82, 2.24) is 0 Å². The van der Waals surface area contributed by atoms with Crippen LogP contribution in [0.25, 0.3) is 0 Å². The molecule has 0 saturated heterocycles. The summed E-state index contributed by atoms with van der Waals surface area (Å²) >= 11 is 0. The second kappa shape index (κ2) is 11.9. The number of carbonyl (C=O) groups excluding carboxylic acids is 2. The van der Waals surface area contributed by atoms with Gasteiger partial charge in [-0.25, -0.2) is 9.59 Å². The fourth-order valence-corrected chi connectivity index (χ4v) is 1.42. The molecule has 0 aliphatic rings. The van der Waals surface area contributed by atoms with E-state index in [1.54, 1.807) is 38.1 Å². The summed E-state index contributed by atoms with van der Waals surface area (Å²) in [6.07, 6.45) is 0. The maximum absolute atomic E-state index is 11.5. The second-order valence-electron chi connectivity index (χ2n) is 3.53. The Balaban J connectivity index is 0.000000626. The van der Waals surface area contributed by atoms with Crippen LogP contribution in [0.2, 0.25) is 0 Å². The van der Waals surface area contributed by atoms with Crippen LogP contribution in [0.15, 0.2) is 24.3 Å². The Hall–Kier alpha value is -1.73. The predicted molar refractivity (Wildman–Crippen MR) is 77.7 cm³/mol. The van der Waals surface area contributed by atoms with E-state index in [1.165, 1.54) is 0 Å². The number of carbonyl (C=O) groups is 2. The minimum atomic E-state index is -2.89. The van der Waals surface area contributed by atoms with Gasteiger partial charge in [0.25, 0.3) is 0 Å². The van der Waals surface area contributed by atoms with Crippen molar-refractivity contribution in [3.05, 3.63) is 35.4 Å². The third-order valence-corrected chi connectivity index (χ3v) is 2.48. The molecule has 0 aliphatic heterocycles. The van der Waals surface area contributed by atoms with Crippen LogP contribution in [-0.2, 0) is 18.6 Å². The SMILES string of the molecule is CCOC(=O)c1ccccc1C(=O)OCC.O=[PH](O)OCO. The highest BCUT2D eigenvalue weighted by molar-refractivity contribution is 7.32. The molecule has 1 rings (SSSR count). The van der Waals surface area contributed by atoms with Crippen LogP contribution in [0.1, 0.15) is 34.6 Å². The normalized spacial score (nSPS) is 10.9. The molecule has 1 unspecified atom stereocenters. The van der Waals surface area contributed by atoms with E-state index >= 15 is 0 Å². The quantitative estimate of drug-likeness (QED) is 0.455. The summed E-state index contributed by atoms with van der Waals surface area (Å²) in [5.41, 5.74) is 0.477. The zero-order valence-electron chi connectivity index (χ0n) is 12.3. The van der Waals surface area contributed by atoms with Crippen molar-refractivity contribution < 1.29 is 38.2 Å². The summed E-state index contributed by atoms with van der Waals surface area (Å²) in [4.78, 5) is 30.8. The zero-order chi connectivity index (χ0) is 17.0. The highest BCUT2D eigenvalue weighted by Crippen LogP contribution is 2.12. The number of aliphatic hydroxyl groups excluding tert-OH is 1. The molecule has 1 atom stereocenters. The van der Waals surface area contributed by atoms with Crippen molar-refractivity contribution in [3.8, 4) is 0 Å². The molecule has 0 aliphatic carbocycles. The van der Waals surface area contributed by atoms with Crippen molar-refractivity contribution in [3.63, 3.8) is 0 Å². The predicted octanol–water partition coefficient (Wildman–Crippen LogP) is 1.37. The van der Waals surface area contributed by atoms with Crippen LogP contribution in [0.3, 0.4) is 0 Å². The van der Waals surface area contributed by atoms with Gasteiger partial charge in [-0.15, -0.1) is 0 Å². The van der Waals surface area contributed by atoms with Gasteiger partial charge in [0.15, 0.2) is 6.79 Å². The molecule has 0 amide bonds. The van der Waals surface area contributed by atoms with Crippen molar-refractivity contribution in [1.29, 1.82) is 0 Å². The van der Waals surface area contributed by atoms with Gasteiger partial charge in [0, 0.05) is 0 Å². The Kier molecular flexibility index (Phi) is 10.9. The molecular formula is C13H19O8P. The summed E-state index contributed by atoms with van der Waals surface area (Å²) in [6, 6.07) is 6.44. The van der Waals surface area contributed by atoms with Crippen LogP contribution in [0.5, 0.6) is 0 Å². The van der Waals surface area contributed by atoms with E-state index in [-0.39, 0.29) is 24.3 Å². The Morgan fingerprint density at radius 1 is 1.05 bits per heavy atom. The third-order valence-electron chi connectivity index (χ3n) is 2.11. The molecular weight excluding hydrogens is 315 g/mol. The van der Waals surface area contributed by atoms with E-state index in [1.807, 2.05) is 0 Å². The number of rotatable bonds is 6. The number of aliphatic hydroxyl groups is 1. The van der Waals surface area contributed by atoms with Crippen LogP contribution in [0.4, 0.5) is 0 Å². The molecule has 8 nitrogen and oxygen atoms in total. The highest BCUT2D eigenvalue weighted by atomic mass is 31.1. The number of benzene rings is 1. The van der Waals surface area contributed by atoms with E-state index in [2.05, 4.69) is 4.52 Å². The summed E-state index contributed by atoms with van der Waals surface area (Å²) in [5.74, 6) is -1.02. The first kappa shape index (κ1) is 20.3. The number of ether oxygens (including phenoxy) is 2. The molecule has 2 N–H and O–H groups in total. The van der Waals surface area contributed by atoms with Gasteiger partial charge in [0.2, 0.25) is 0 Å². The Morgan fingerprint density at radius 2 is 1.45 bits per heavy atom. The summed E-state index contributed by atoms with van der Waals surface area (Å²) in [7, 11) is -2.89. The van der Waals surface area contributed by atoms with Crippen molar-refractivity contribution in [2.24, 2.45) is 0 Å². The van der Waals surface area contributed by atoms with E-state index in [0.29, 0.717) is 0 Å². The van der Waals surface area contributed by atoms with Crippen LogP contribution >= 0.6 is 8.25 Å². The maximum atomic E-state index is 11.5. The third kappa shape index (κ3) is 7.90. The zero-order valence-corrected chi connectivity index (χ0v) is 13.3. The average molecular weight is 334 g/mol.